The fourth-order valence-electron chi connectivity index (χ4n) is 1.66. The van der Waals surface area contributed by atoms with Gasteiger partial charge in [0.05, 0.1) is 16.8 Å². The molecule has 96 valence electrons. The highest BCUT2D eigenvalue weighted by Crippen LogP contribution is 2.28. The first-order valence-corrected chi connectivity index (χ1v) is 6.48. The molecule has 0 amide bonds. The van der Waals surface area contributed by atoms with E-state index in [-0.39, 0.29) is 0 Å². The number of halogens is 1. The summed E-state index contributed by atoms with van der Waals surface area (Å²) in [5, 5.41) is 10.2. The molecule has 0 spiro atoms. The van der Waals surface area contributed by atoms with Gasteiger partial charge in [-0.1, -0.05) is 31.5 Å². The largest absolute Gasteiger partial charge is 0.389 e. The van der Waals surface area contributed by atoms with E-state index in [9.17, 15) is 5.11 Å². The number of hydrogen-bond donors (Lipinski definition) is 1. The number of anilines is 1. The van der Waals surface area contributed by atoms with Crippen LogP contribution in [0.4, 0.5) is 5.69 Å². The second-order valence-corrected chi connectivity index (χ2v) is 5.40. The number of hydrogen-bond acceptors (Lipinski definition) is 2. The van der Waals surface area contributed by atoms with Crippen LogP contribution in [0, 0.1) is 5.92 Å². The maximum Gasteiger partial charge on any atom is 0.0762 e. The molecule has 1 aromatic rings. The van der Waals surface area contributed by atoms with E-state index in [0.717, 1.165) is 24.2 Å². The first-order valence-electron chi connectivity index (χ1n) is 6.10. The maximum absolute atomic E-state index is 9.48. The van der Waals surface area contributed by atoms with Gasteiger partial charge in [-0.25, -0.2) is 0 Å². The second kappa shape index (κ2) is 6.27. The van der Waals surface area contributed by atoms with Crippen molar-refractivity contribution in [2.75, 3.05) is 18.5 Å². The third kappa shape index (κ3) is 4.21. The van der Waals surface area contributed by atoms with E-state index in [1.807, 2.05) is 25.2 Å². The first kappa shape index (κ1) is 14.3. The van der Waals surface area contributed by atoms with Crippen molar-refractivity contribution in [1.29, 1.82) is 0 Å². The zero-order valence-electron chi connectivity index (χ0n) is 11.1. The lowest BCUT2D eigenvalue weighted by atomic mass is 10.1. The fourth-order valence-corrected chi connectivity index (χ4v) is 2.00. The second-order valence-electron chi connectivity index (χ2n) is 4.99. The van der Waals surface area contributed by atoms with Gasteiger partial charge < -0.3 is 10.0 Å². The summed E-state index contributed by atoms with van der Waals surface area (Å²) in [6.07, 6.45) is 0.674. The van der Waals surface area contributed by atoms with Crippen LogP contribution in [0.15, 0.2) is 18.2 Å². The van der Waals surface area contributed by atoms with Gasteiger partial charge in [0.25, 0.3) is 0 Å². The van der Waals surface area contributed by atoms with Gasteiger partial charge in [0.15, 0.2) is 0 Å². The third-order valence-electron chi connectivity index (χ3n) is 2.91. The van der Waals surface area contributed by atoms with Gasteiger partial charge in [-0.2, -0.15) is 0 Å². The molecule has 0 aliphatic heterocycles. The van der Waals surface area contributed by atoms with Crippen LogP contribution in [0.3, 0.4) is 0 Å². The van der Waals surface area contributed by atoms with E-state index in [0.29, 0.717) is 10.9 Å². The van der Waals surface area contributed by atoms with E-state index in [1.54, 1.807) is 6.92 Å². The molecule has 1 atom stereocenters. The van der Waals surface area contributed by atoms with Crippen molar-refractivity contribution in [3.05, 3.63) is 28.8 Å². The predicted octanol–water partition coefficient (Wildman–Crippen LogP) is 3.88. The normalized spacial score (nSPS) is 12.9. The Morgan fingerprint density at radius 3 is 2.41 bits per heavy atom. The van der Waals surface area contributed by atoms with Crippen molar-refractivity contribution in [2.45, 2.75) is 33.3 Å². The Balaban J connectivity index is 2.77. The van der Waals surface area contributed by atoms with Crippen molar-refractivity contribution in [2.24, 2.45) is 5.92 Å². The highest BCUT2D eigenvalue weighted by molar-refractivity contribution is 6.33. The molecule has 0 saturated heterocycles. The first-order chi connectivity index (χ1) is 7.91. The number of benzene rings is 1. The lowest BCUT2D eigenvalue weighted by molar-refractivity contribution is 0.199. The van der Waals surface area contributed by atoms with Gasteiger partial charge in [0, 0.05) is 13.6 Å². The van der Waals surface area contributed by atoms with E-state index < -0.39 is 6.10 Å². The van der Waals surface area contributed by atoms with E-state index in [1.165, 1.54) is 0 Å². The minimum Gasteiger partial charge on any atom is -0.389 e. The Bertz CT molecular complexity index is 363. The summed E-state index contributed by atoms with van der Waals surface area (Å²) >= 11 is 6.23. The van der Waals surface area contributed by atoms with E-state index in [4.69, 9.17) is 11.6 Å². The minimum absolute atomic E-state index is 0.470. The molecule has 1 rings (SSSR count). The van der Waals surface area contributed by atoms with Crippen LogP contribution >= 0.6 is 11.6 Å². The average Bonchev–Trinajstić information content (AvgIpc) is 2.25. The zero-order chi connectivity index (χ0) is 13.0. The number of aliphatic hydroxyl groups excluding tert-OH is 1. The minimum atomic E-state index is -0.470. The number of nitrogens with zero attached hydrogens (tertiary/aromatic N) is 1. The molecule has 1 N–H and O–H groups in total. The van der Waals surface area contributed by atoms with Crippen molar-refractivity contribution >= 4 is 17.3 Å². The molecular weight excluding hydrogens is 234 g/mol. The van der Waals surface area contributed by atoms with Crippen LogP contribution in [0.25, 0.3) is 0 Å². The average molecular weight is 256 g/mol. The highest BCUT2D eigenvalue weighted by atomic mass is 35.5. The van der Waals surface area contributed by atoms with Crippen molar-refractivity contribution in [1.82, 2.24) is 0 Å². The summed E-state index contributed by atoms with van der Waals surface area (Å²) in [7, 11) is 2.05. The Hall–Kier alpha value is -0.730. The van der Waals surface area contributed by atoms with E-state index >= 15 is 0 Å². The topological polar surface area (TPSA) is 23.5 Å². The quantitative estimate of drug-likeness (QED) is 0.863. The molecule has 0 radical (unpaired) electrons. The summed E-state index contributed by atoms with van der Waals surface area (Å²) < 4.78 is 0. The van der Waals surface area contributed by atoms with Crippen molar-refractivity contribution in [3.8, 4) is 0 Å². The molecule has 1 aromatic carbocycles. The smallest absolute Gasteiger partial charge is 0.0762 e. The highest BCUT2D eigenvalue weighted by Gasteiger charge is 2.09. The standard InChI is InChI=1S/C14H22ClNO/c1-10(2)7-8-16(4)14-6-5-12(11(3)17)9-13(14)15/h5-6,9-11,17H,7-8H2,1-4H3/t11-/m0/s1. The summed E-state index contributed by atoms with van der Waals surface area (Å²) in [5.74, 6) is 0.688. The monoisotopic (exact) mass is 255 g/mol. The molecule has 3 heteroatoms. The SMILES string of the molecule is CC(C)CCN(C)c1ccc([C@H](C)O)cc1Cl. The Kier molecular flexibility index (Phi) is 5.29. The number of aliphatic hydroxyl groups is 1. The summed E-state index contributed by atoms with van der Waals surface area (Å²) in [6, 6.07) is 5.75. The van der Waals surface area contributed by atoms with Gasteiger partial charge in [-0.15, -0.1) is 0 Å². The molecule has 2 nitrogen and oxygen atoms in total. The molecular formula is C14H22ClNO. The molecule has 0 aliphatic carbocycles. The Labute approximate surface area is 109 Å². The van der Waals surface area contributed by atoms with E-state index in [2.05, 4.69) is 18.7 Å². The van der Waals surface area contributed by atoms with Crippen LogP contribution in [-0.4, -0.2) is 18.7 Å². The predicted molar refractivity (Wildman–Crippen MR) is 74.8 cm³/mol. The van der Waals surface area contributed by atoms with Crippen LogP contribution in [0.1, 0.15) is 38.9 Å². The van der Waals surface area contributed by atoms with Crippen LogP contribution in [-0.2, 0) is 0 Å². The Morgan fingerprint density at radius 1 is 1.29 bits per heavy atom. The van der Waals surface area contributed by atoms with Gasteiger partial charge in [0.1, 0.15) is 0 Å². The summed E-state index contributed by atoms with van der Waals surface area (Å²) in [5.41, 5.74) is 1.88. The molecule has 0 saturated carbocycles. The maximum atomic E-state index is 9.48. The van der Waals surface area contributed by atoms with Crippen molar-refractivity contribution in [3.63, 3.8) is 0 Å². The summed E-state index contributed by atoms with van der Waals surface area (Å²) in [6.45, 7) is 7.16. The van der Waals surface area contributed by atoms with Crippen molar-refractivity contribution < 1.29 is 5.11 Å². The van der Waals surface area contributed by atoms with Gasteiger partial charge in [0.2, 0.25) is 0 Å². The zero-order valence-corrected chi connectivity index (χ0v) is 11.8. The van der Waals surface area contributed by atoms with Crippen LogP contribution in [0.5, 0.6) is 0 Å². The Morgan fingerprint density at radius 2 is 1.94 bits per heavy atom. The molecule has 0 aliphatic rings. The van der Waals surface area contributed by atoms with Gasteiger partial charge in [-0.3, -0.25) is 0 Å². The van der Waals surface area contributed by atoms with Gasteiger partial charge >= 0.3 is 0 Å². The lowest BCUT2D eigenvalue weighted by Crippen LogP contribution is -2.20. The molecule has 0 fully saturated rings. The number of rotatable bonds is 5. The molecule has 17 heavy (non-hydrogen) atoms. The lowest BCUT2D eigenvalue weighted by Gasteiger charge is -2.22. The fraction of sp³-hybridized carbons (Fsp3) is 0.571. The van der Waals surface area contributed by atoms with Crippen LogP contribution in [0.2, 0.25) is 5.02 Å². The third-order valence-corrected chi connectivity index (χ3v) is 3.21. The molecule has 0 bridgehead atoms. The summed E-state index contributed by atoms with van der Waals surface area (Å²) in [4.78, 5) is 2.16. The molecule has 0 heterocycles. The van der Waals surface area contributed by atoms with Gasteiger partial charge in [-0.05, 0) is 37.0 Å². The molecule has 0 aromatic heterocycles. The van der Waals surface area contributed by atoms with Crippen LogP contribution < -0.4 is 4.90 Å². The molecule has 0 unspecified atom stereocenters.